The van der Waals surface area contributed by atoms with Crippen molar-refractivity contribution in [3.63, 3.8) is 0 Å². The maximum absolute atomic E-state index is 12.8. The van der Waals surface area contributed by atoms with E-state index in [-0.39, 0.29) is 9.04 Å². The first-order chi connectivity index (χ1) is 6.31. The van der Waals surface area contributed by atoms with Crippen LogP contribution in [0.3, 0.4) is 0 Å². The third-order valence-electron chi connectivity index (χ3n) is 1.41. The molecule has 1 heterocycles. The standard InChI is InChI=1S/C7H4BrF4NO/c8-4-1-2-13(3-7(10,11)12)6(14)5(4)9/h1-2H,3H2. The first-order valence-electron chi connectivity index (χ1n) is 3.42. The number of alkyl halides is 3. The molecule has 0 aliphatic rings. The molecule has 2 nitrogen and oxygen atoms in total. The summed E-state index contributed by atoms with van der Waals surface area (Å²) in [5, 5.41) is 0. The highest BCUT2D eigenvalue weighted by Crippen LogP contribution is 2.17. The molecule has 0 radical (unpaired) electrons. The summed E-state index contributed by atoms with van der Waals surface area (Å²) >= 11 is 2.69. The van der Waals surface area contributed by atoms with Gasteiger partial charge in [0, 0.05) is 6.20 Å². The normalized spacial score (nSPS) is 11.8. The first-order valence-corrected chi connectivity index (χ1v) is 4.22. The third kappa shape index (κ3) is 2.57. The molecule has 0 atom stereocenters. The van der Waals surface area contributed by atoms with Gasteiger partial charge in [-0.05, 0) is 22.0 Å². The average molecular weight is 274 g/mol. The quantitative estimate of drug-likeness (QED) is 0.720. The Morgan fingerprint density at radius 3 is 2.50 bits per heavy atom. The van der Waals surface area contributed by atoms with E-state index in [1.807, 2.05) is 0 Å². The van der Waals surface area contributed by atoms with Crippen molar-refractivity contribution in [2.75, 3.05) is 0 Å². The molecule has 0 saturated heterocycles. The summed E-state index contributed by atoms with van der Waals surface area (Å²) in [5.74, 6) is -1.23. The predicted molar refractivity (Wildman–Crippen MR) is 44.4 cm³/mol. The fraction of sp³-hybridized carbons (Fsp3) is 0.286. The van der Waals surface area contributed by atoms with E-state index in [1.54, 1.807) is 0 Å². The van der Waals surface area contributed by atoms with E-state index in [0.717, 1.165) is 12.3 Å². The number of hydrogen-bond donors (Lipinski definition) is 0. The highest BCUT2D eigenvalue weighted by atomic mass is 79.9. The lowest BCUT2D eigenvalue weighted by Gasteiger charge is -2.08. The molecule has 0 bridgehead atoms. The number of pyridine rings is 1. The molecule has 1 aromatic rings. The van der Waals surface area contributed by atoms with Crippen molar-refractivity contribution in [1.29, 1.82) is 0 Å². The summed E-state index contributed by atoms with van der Waals surface area (Å²) < 4.78 is 48.5. The first kappa shape index (κ1) is 11.2. The van der Waals surface area contributed by atoms with Crippen LogP contribution in [0.5, 0.6) is 0 Å². The van der Waals surface area contributed by atoms with Crippen LogP contribution in [-0.2, 0) is 6.54 Å². The molecular weight excluding hydrogens is 270 g/mol. The van der Waals surface area contributed by atoms with Crippen LogP contribution < -0.4 is 5.56 Å². The Morgan fingerprint density at radius 2 is 2.00 bits per heavy atom. The second-order valence-electron chi connectivity index (χ2n) is 2.53. The van der Waals surface area contributed by atoms with Crippen LogP contribution in [0.1, 0.15) is 0 Å². The molecule has 0 N–H and O–H groups in total. The van der Waals surface area contributed by atoms with Crippen LogP contribution in [0.2, 0.25) is 0 Å². The van der Waals surface area contributed by atoms with Crippen molar-refractivity contribution < 1.29 is 17.6 Å². The van der Waals surface area contributed by atoms with E-state index >= 15 is 0 Å². The van der Waals surface area contributed by atoms with Crippen molar-refractivity contribution in [2.24, 2.45) is 0 Å². The minimum absolute atomic E-state index is 0.152. The van der Waals surface area contributed by atoms with Gasteiger partial charge in [-0.2, -0.15) is 17.6 Å². The molecule has 0 aliphatic carbocycles. The van der Waals surface area contributed by atoms with E-state index in [1.165, 1.54) is 0 Å². The smallest absolute Gasteiger partial charge is 0.304 e. The molecule has 14 heavy (non-hydrogen) atoms. The summed E-state index contributed by atoms with van der Waals surface area (Å²) in [6, 6.07) is 1.04. The molecule has 0 fully saturated rings. The van der Waals surface area contributed by atoms with Crippen LogP contribution in [-0.4, -0.2) is 10.7 Å². The zero-order valence-corrected chi connectivity index (χ0v) is 8.19. The van der Waals surface area contributed by atoms with Gasteiger partial charge in [0.25, 0.3) is 5.56 Å². The number of rotatable bonds is 1. The van der Waals surface area contributed by atoms with Gasteiger partial charge in [-0.15, -0.1) is 0 Å². The van der Waals surface area contributed by atoms with Gasteiger partial charge in [0.15, 0.2) is 0 Å². The fourth-order valence-electron chi connectivity index (χ4n) is 0.842. The van der Waals surface area contributed by atoms with E-state index in [4.69, 9.17) is 0 Å². The summed E-state index contributed by atoms with van der Waals surface area (Å²) in [6.07, 6.45) is -3.66. The lowest BCUT2D eigenvalue weighted by atomic mass is 10.4. The number of aromatic nitrogens is 1. The van der Waals surface area contributed by atoms with Gasteiger partial charge in [-0.3, -0.25) is 4.79 Å². The topological polar surface area (TPSA) is 22.0 Å². The molecule has 0 unspecified atom stereocenters. The Bertz CT molecular complexity index is 398. The average Bonchev–Trinajstić information content (AvgIpc) is 2.04. The summed E-state index contributed by atoms with van der Waals surface area (Å²) in [6.45, 7) is -1.49. The van der Waals surface area contributed by atoms with Gasteiger partial charge in [-0.25, -0.2) is 0 Å². The number of halogens is 5. The zero-order chi connectivity index (χ0) is 10.9. The molecule has 0 aromatic carbocycles. The second-order valence-corrected chi connectivity index (χ2v) is 3.38. The molecular formula is C7H4BrF4NO. The number of hydrogen-bond acceptors (Lipinski definition) is 1. The highest BCUT2D eigenvalue weighted by molar-refractivity contribution is 9.10. The zero-order valence-electron chi connectivity index (χ0n) is 6.61. The SMILES string of the molecule is O=c1c(F)c(Br)ccn1CC(F)(F)F. The molecule has 78 valence electrons. The maximum Gasteiger partial charge on any atom is 0.406 e. The van der Waals surface area contributed by atoms with Crippen LogP contribution in [0, 0.1) is 5.82 Å². The Hall–Kier alpha value is -0.850. The Balaban J connectivity index is 3.13. The molecule has 0 saturated carbocycles. The number of nitrogens with zero attached hydrogens (tertiary/aromatic N) is 1. The van der Waals surface area contributed by atoms with Gasteiger partial charge >= 0.3 is 6.18 Å². The third-order valence-corrected chi connectivity index (χ3v) is 2.02. The minimum atomic E-state index is -4.54. The molecule has 1 rings (SSSR count). The summed E-state index contributed by atoms with van der Waals surface area (Å²) in [7, 11) is 0. The van der Waals surface area contributed by atoms with E-state index in [9.17, 15) is 22.4 Å². The van der Waals surface area contributed by atoms with Crippen LogP contribution in [0.4, 0.5) is 17.6 Å². The van der Waals surface area contributed by atoms with Gasteiger partial charge in [0.05, 0.1) is 4.47 Å². The van der Waals surface area contributed by atoms with Crippen molar-refractivity contribution >= 4 is 15.9 Å². The molecule has 0 amide bonds. The van der Waals surface area contributed by atoms with Crippen molar-refractivity contribution in [3.8, 4) is 0 Å². The summed E-state index contributed by atoms with van der Waals surface area (Å²) in [5.41, 5.74) is -1.29. The van der Waals surface area contributed by atoms with Gasteiger partial charge in [0.1, 0.15) is 6.54 Å². The summed E-state index contributed by atoms with van der Waals surface area (Å²) in [4.78, 5) is 10.9. The molecule has 1 aromatic heterocycles. The highest BCUT2D eigenvalue weighted by Gasteiger charge is 2.28. The Labute approximate surface area is 84.3 Å². The van der Waals surface area contributed by atoms with Crippen LogP contribution in [0.15, 0.2) is 21.5 Å². The van der Waals surface area contributed by atoms with Crippen LogP contribution in [0.25, 0.3) is 0 Å². The van der Waals surface area contributed by atoms with E-state index in [2.05, 4.69) is 15.9 Å². The molecule has 0 spiro atoms. The Kier molecular flexibility index (Phi) is 2.98. The minimum Gasteiger partial charge on any atom is -0.304 e. The lowest BCUT2D eigenvalue weighted by Crippen LogP contribution is -2.29. The molecule has 0 aliphatic heterocycles. The van der Waals surface area contributed by atoms with E-state index < -0.39 is 24.1 Å². The Morgan fingerprint density at radius 1 is 1.43 bits per heavy atom. The van der Waals surface area contributed by atoms with E-state index in [0.29, 0.717) is 0 Å². The molecule has 7 heteroatoms. The largest absolute Gasteiger partial charge is 0.406 e. The van der Waals surface area contributed by atoms with Gasteiger partial charge < -0.3 is 4.57 Å². The second kappa shape index (κ2) is 3.72. The van der Waals surface area contributed by atoms with Crippen molar-refractivity contribution in [2.45, 2.75) is 12.7 Å². The van der Waals surface area contributed by atoms with Gasteiger partial charge in [-0.1, -0.05) is 0 Å². The van der Waals surface area contributed by atoms with Gasteiger partial charge in [0.2, 0.25) is 5.82 Å². The van der Waals surface area contributed by atoms with Crippen molar-refractivity contribution in [1.82, 2.24) is 4.57 Å². The predicted octanol–water partition coefficient (Wildman–Crippen LogP) is 2.31. The lowest BCUT2D eigenvalue weighted by molar-refractivity contribution is -0.141. The monoisotopic (exact) mass is 273 g/mol. The van der Waals surface area contributed by atoms with Crippen LogP contribution >= 0.6 is 15.9 Å². The fourth-order valence-corrected chi connectivity index (χ4v) is 1.13. The maximum atomic E-state index is 12.8. The van der Waals surface area contributed by atoms with Crippen molar-refractivity contribution in [3.05, 3.63) is 32.9 Å².